The van der Waals surface area contributed by atoms with Crippen molar-refractivity contribution in [1.29, 1.82) is 0 Å². The molecule has 0 aromatic carbocycles. The quantitative estimate of drug-likeness (QED) is 0.869. The summed E-state index contributed by atoms with van der Waals surface area (Å²) in [5.74, 6) is 1.30. The van der Waals surface area contributed by atoms with Crippen molar-refractivity contribution >= 4 is 5.82 Å². The lowest BCUT2D eigenvalue weighted by Crippen LogP contribution is -2.35. The summed E-state index contributed by atoms with van der Waals surface area (Å²) in [5, 5.41) is 4.59. The summed E-state index contributed by atoms with van der Waals surface area (Å²) in [4.78, 5) is 2.54. The van der Waals surface area contributed by atoms with E-state index in [1.54, 1.807) is 0 Å². The lowest BCUT2D eigenvalue weighted by atomic mass is 10.1. The number of hydrogen-bond acceptors (Lipinski definition) is 3. The fourth-order valence-electron chi connectivity index (χ4n) is 3.28. The maximum Gasteiger partial charge on any atom is 0.130 e. The van der Waals surface area contributed by atoms with Crippen molar-refractivity contribution in [2.75, 3.05) is 18.0 Å². The molecule has 0 radical (unpaired) electrons. The largest absolute Gasteiger partial charge is 0.354 e. The number of aromatic nitrogens is 2. The lowest BCUT2D eigenvalue weighted by Gasteiger charge is -2.30. The molecule has 2 rings (SSSR count). The molecule has 4 nitrogen and oxygen atoms in total. The van der Waals surface area contributed by atoms with Crippen molar-refractivity contribution in [1.82, 2.24) is 9.78 Å². The smallest absolute Gasteiger partial charge is 0.130 e. The van der Waals surface area contributed by atoms with Crippen LogP contribution in [0.15, 0.2) is 0 Å². The predicted molar refractivity (Wildman–Crippen MR) is 76.0 cm³/mol. The van der Waals surface area contributed by atoms with Crippen LogP contribution in [0.1, 0.15) is 43.9 Å². The molecule has 0 saturated heterocycles. The molecule has 1 aliphatic rings. The maximum atomic E-state index is 5.75. The van der Waals surface area contributed by atoms with Crippen LogP contribution < -0.4 is 10.6 Å². The Bertz CT molecular complexity index is 391. The van der Waals surface area contributed by atoms with Crippen molar-refractivity contribution in [3.63, 3.8) is 0 Å². The Labute approximate surface area is 110 Å². The molecular formula is C14H26N4. The highest BCUT2D eigenvalue weighted by Crippen LogP contribution is 2.31. The van der Waals surface area contributed by atoms with Crippen molar-refractivity contribution in [3.05, 3.63) is 11.3 Å². The van der Waals surface area contributed by atoms with Gasteiger partial charge in [0.25, 0.3) is 0 Å². The minimum atomic E-state index is 0.696. The Morgan fingerprint density at radius 1 is 1.39 bits per heavy atom. The molecule has 0 unspecified atom stereocenters. The van der Waals surface area contributed by atoms with Gasteiger partial charge in [-0.05, 0) is 39.7 Å². The van der Waals surface area contributed by atoms with Gasteiger partial charge in [-0.15, -0.1) is 0 Å². The fraction of sp³-hybridized carbons (Fsp3) is 0.786. The first kappa shape index (κ1) is 13.4. The van der Waals surface area contributed by atoms with Crippen LogP contribution in [-0.4, -0.2) is 28.9 Å². The first-order chi connectivity index (χ1) is 8.69. The van der Waals surface area contributed by atoms with Gasteiger partial charge in [0.15, 0.2) is 0 Å². The van der Waals surface area contributed by atoms with Gasteiger partial charge < -0.3 is 10.6 Å². The average Bonchev–Trinajstić information content (AvgIpc) is 2.94. The Balaban J connectivity index is 2.33. The molecule has 0 amide bonds. The van der Waals surface area contributed by atoms with Crippen LogP contribution in [0.25, 0.3) is 0 Å². The zero-order valence-electron chi connectivity index (χ0n) is 11.9. The van der Waals surface area contributed by atoms with Gasteiger partial charge in [0.2, 0.25) is 0 Å². The number of hydrogen-bond donors (Lipinski definition) is 1. The molecule has 102 valence electrons. The molecule has 0 aliphatic heterocycles. The minimum Gasteiger partial charge on any atom is -0.354 e. The van der Waals surface area contributed by atoms with Gasteiger partial charge in [-0.3, -0.25) is 4.68 Å². The molecule has 18 heavy (non-hydrogen) atoms. The SMILES string of the molecule is CCN(c1c(CCN)c(C)nn1C)C1CCCC1. The van der Waals surface area contributed by atoms with Gasteiger partial charge >= 0.3 is 0 Å². The molecule has 1 aromatic rings. The second-order valence-corrected chi connectivity index (χ2v) is 5.27. The topological polar surface area (TPSA) is 47.1 Å². The first-order valence-corrected chi connectivity index (χ1v) is 7.18. The molecule has 1 saturated carbocycles. The monoisotopic (exact) mass is 250 g/mol. The number of nitrogens with zero attached hydrogens (tertiary/aromatic N) is 3. The lowest BCUT2D eigenvalue weighted by molar-refractivity contribution is 0.589. The zero-order chi connectivity index (χ0) is 13.1. The highest BCUT2D eigenvalue weighted by atomic mass is 15.4. The molecule has 1 aliphatic carbocycles. The second-order valence-electron chi connectivity index (χ2n) is 5.27. The van der Waals surface area contributed by atoms with E-state index in [2.05, 4.69) is 30.9 Å². The van der Waals surface area contributed by atoms with E-state index in [0.717, 1.165) is 18.7 Å². The predicted octanol–water partition coefficient (Wildman–Crippen LogP) is 2.00. The van der Waals surface area contributed by atoms with Crippen LogP contribution in [0.2, 0.25) is 0 Å². The molecule has 1 aromatic heterocycles. The second kappa shape index (κ2) is 5.74. The molecule has 1 heterocycles. The normalized spacial score (nSPS) is 16.4. The van der Waals surface area contributed by atoms with E-state index in [9.17, 15) is 0 Å². The first-order valence-electron chi connectivity index (χ1n) is 7.18. The van der Waals surface area contributed by atoms with Crippen LogP contribution in [0.5, 0.6) is 0 Å². The third-order valence-corrected chi connectivity index (χ3v) is 4.09. The third kappa shape index (κ3) is 2.39. The summed E-state index contributed by atoms with van der Waals surface area (Å²) < 4.78 is 2.04. The summed E-state index contributed by atoms with van der Waals surface area (Å²) >= 11 is 0. The van der Waals surface area contributed by atoms with Crippen molar-refractivity contribution in [2.24, 2.45) is 12.8 Å². The van der Waals surface area contributed by atoms with E-state index >= 15 is 0 Å². The summed E-state index contributed by atoms with van der Waals surface area (Å²) in [6.07, 6.45) is 6.30. The standard InChI is InChI=1S/C14H26N4/c1-4-18(12-7-5-6-8-12)14-13(9-10-15)11(2)16-17(14)3/h12H,4-10,15H2,1-3H3. The molecule has 4 heteroatoms. The van der Waals surface area contributed by atoms with E-state index in [1.807, 2.05) is 4.68 Å². The number of anilines is 1. The average molecular weight is 250 g/mol. The van der Waals surface area contributed by atoms with E-state index < -0.39 is 0 Å². The highest BCUT2D eigenvalue weighted by molar-refractivity contribution is 5.51. The highest BCUT2D eigenvalue weighted by Gasteiger charge is 2.26. The van der Waals surface area contributed by atoms with Gasteiger partial charge in [-0.2, -0.15) is 5.10 Å². The van der Waals surface area contributed by atoms with Gasteiger partial charge in [-0.1, -0.05) is 12.8 Å². The summed E-state index contributed by atoms with van der Waals surface area (Å²) in [6.45, 7) is 6.09. The van der Waals surface area contributed by atoms with Gasteiger partial charge in [0.1, 0.15) is 5.82 Å². The Morgan fingerprint density at radius 3 is 2.61 bits per heavy atom. The molecule has 1 fully saturated rings. The maximum absolute atomic E-state index is 5.75. The fourth-order valence-corrected chi connectivity index (χ4v) is 3.28. The van der Waals surface area contributed by atoms with Crippen LogP contribution in [0, 0.1) is 6.92 Å². The molecule has 0 atom stereocenters. The van der Waals surface area contributed by atoms with Crippen LogP contribution in [0.3, 0.4) is 0 Å². The summed E-state index contributed by atoms with van der Waals surface area (Å²) in [6, 6.07) is 0.696. The summed E-state index contributed by atoms with van der Waals surface area (Å²) in [5.41, 5.74) is 8.22. The van der Waals surface area contributed by atoms with Crippen LogP contribution in [-0.2, 0) is 13.5 Å². The van der Waals surface area contributed by atoms with Gasteiger partial charge in [-0.25, -0.2) is 0 Å². The number of aryl methyl sites for hydroxylation is 2. The van der Waals surface area contributed by atoms with E-state index in [0.29, 0.717) is 12.6 Å². The minimum absolute atomic E-state index is 0.696. The van der Waals surface area contributed by atoms with Gasteiger partial charge in [0, 0.05) is 25.2 Å². The Morgan fingerprint density at radius 2 is 2.06 bits per heavy atom. The Hall–Kier alpha value is -1.03. The Kier molecular flexibility index (Phi) is 4.27. The van der Waals surface area contributed by atoms with E-state index in [1.165, 1.54) is 37.1 Å². The third-order valence-electron chi connectivity index (χ3n) is 4.09. The van der Waals surface area contributed by atoms with Gasteiger partial charge in [0.05, 0.1) is 5.69 Å². The number of rotatable bonds is 5. The van der Waals surface area contributed by atoms with Crippen LogP contribution in [0.4, 0.5) is 5.82 Å². The van der Waals surface area contributed by atoms with E-state index in [4.69, 9.17) is 5.73 Å². The van der Waals surface area contributed by atoms with Crippen LogP contribution >= 0.6 is 0 Å². The zero-order valence-corrected chi connectivity index (χ0v) is 11.9. The molecule has 0 bridgehead atoms. The molecule has 0 spiro atoms. The van der Waals surface area contributed by atoms with E-state index in [-0.39, 0.29) is 0 Å². The van der Waals surface area contributed by atoms with Crippen molar-refractivity contribution in [2.45, 2.75) is 52.0 Å². The molecule has 2 N–H and O–H groups in total. The molecular weight excluding hydrogens is 224 g/mol. The van der Waals surface area contributed by atoms with Crippen molar-refractivity contribution < 1.29 is 0 Å². The summed E-state index contributed by atoms with van der Waals surface area (Å²) in [7, 11) is 2.06. The number of nitrogens with two attached hydrogens (primary N) is 1. The van der Waals surface area contributed by atoms with Crippen molar-refractivity contribution in [3.8, 4) is 0 Å².